The van der Waals surface area contributed by atoms with Gasteiger partial charge in [-0.1, -0.05) is 32.1 Å². The van der Waals surface area contributed by atoms with Gasteiger partial charge in [0.25, 0.3) is 0 Å². The van der Waals surface area contributed by atoms with Crippen LogP contribution >= 0.6 is 0 Å². The summed E-state index contributed by atoms with van der Waals surface area (Å²) in [5.74, 6) is 2.25. The van der Waals surface area contributed by atoms with E-state index in [1.165, 1.54) is 6.42 Å². The highest BCUT2D eigenvalue weighted by atomic mass is 16.1. The third-order valence-electron chi connectivity index (χ3n) is 4.06. The Morgan fingerprint density at radius 1 is 1.25 bits per heavy atom. The molecule has 3 atom stereocenters. The van der Waals surface area contributed by atoms with Crippen LogP contribution in [-0.4, -0.2) is 5.78 Å². The Bertz CT molecular complexity index is 324. The summed E-state index contributed by atoms with van der Waals surface area (Å²) in [4.78, 5) is 11.8. The Labute approximate surface area is 98.6 Å². The average molecular weight is 218 g/mol. The van der Waals surface area contributed by atoms with E-state index < -0.39 is 0 Å². The first-order valence-electron chi connectivity index (χ1n) is 6.59. The highest BCUT2D eigenvalue weighted by molar-refractivity contribution is 5.95. The molecular formula is C15H22O. The van der Waals surface area contributed by atoms with Gasteiger partial charge in [-0.2, -0.15) is 0 Å². The van der Waals surface area contributed by atoms with E-state index in [-0.39, 0.29) is 0 Å². The monoisotopic (exact) mass is 218 g/mol. The highest BCUT2D eigenvalue weighted by Gasteiger charge is 2.25. The predicted octanol–water partition coefficient (Wildman–Crippen LogP) is 3.90. The number of rotatable bonds is 1. The van der Waals surface area contributed by atoms with Crippen LogP contribution in [0.25, 0.3) is 0 Å². The second kappa shape index (κ2) is 4.99. The molecule has 2 aliphatic rings. The molecule has 0 amide bonds. The van der Waals surface area contributed by atoms with Crippen LogP contribution in [-0.2, 0) is 4.79 Å². The van der Waals surface area contributed by atoms with E-state index in [2.05, 4.69) is 32.1 Å². The number of hydrogen-bond acceptors (Lipinski definition) is 1. The van der Waals surface area contributed by atoms with Gasteiger partial charge in [-0.15, -0.1) is 0 Å². The SMILES string of the molecule is CC1C=CCC(C)C1C=C1CCCCC1=O. The van der Waals surface area contributed by atoms with Gasteiger partial charge in [-0.05, 0) is 49.0 Å². The van der Waals surface area contributed by atoms with Gasteiger partial charge in [0, 0.05) is 6.42 Å². The fourth-order valence-corrected chi connectivity index (χ4v) is 2.94. The Hall–Kier alpha value is -0.850. The van der Waals surface area contributed by atoms with Crippen molar-refractivity contribution in [2.75, 3.05) is 0 Å². The van der Waals surface area contributed by atoms with Crippen molar-refractivity contribution in [1.29, 1.82) is 0 Å². The van der Waals surface area contributed by atoms with Crippen LogP contribution in [0, 0.1) is 17.8 Å². The lowest BCUT2D eigenvalue weighted by Crippen LogP contribution is -2.21. The molecule has 0 saturated heterocycles. The molecular weight excluding hydrogens is 196 g/mol. The van der Waals surface area contributed by atoms with Crippen LogP contribution in [0.3, 0.4) is 0 Å². The fourth-order valence-electron chi connectivity index (χ4n) is 2.94. The van der Waals surface area contributed by atoms with Crippen molar-refractivity contribution < 1.29 is 4.79 Å². The number of allylic oxidation sites excluding steroid dienone is 4. The second-order valence-corrected chi connectivity index (χ2v) is 5.40. The van der Waals surface area contributed by atoms with E-state index in [0.29, 0.717) is 23.5 Å². The number of ketones is 1. The molecule has 3 unspecified atom stereocenters. The molecule has 0 aromatic rings. The van der Waals surface area contributed by atoms with Crippen molar-refractivity contribution >= 4 is 5.78 Å². The van der Waals surface area contributed by atoms with Crippen LogP contribution in [0.4, 0.5) is 0 Å². The minimum atomic E-state index is 0.403. The van der Waals surface area contributed by atoms with Crippen LogP contribution in [0.2, 0.25) is 0 Å². The largest absolute Gasteiger partial charge is 0.295 e. The third-order valence-corrected chi connectivity index (χ3v) is 4.06. The van der Waals surface area contributed by atoms with Gasteiger partial charge in [0.05, 0.1) is 0 Å². The number of carbonyl (C=O) groups is 1. The smallest absolute Gasteiger partial charge is 0.158 e. The molecule has 0 spiro atoms. The minimum Gasteiger partial charge on any atom is -0.295 e. The summed E-state index contributed by atoms with van der Waals surface area (Å²) in [7, 11) is 0. The van der Waals surface area contributed by atoms with Crippen LogP contribution in [0.15, 0.2) is 23.8 Å². The molecule has 2 aliphatic carbocycles. The summed E-state index contributed by atoms with van der Waals surface area (Å²) in [5, 5.41) is 0. The summed E-state index contributed by atoms with van der Waals surface area (Å²) in [6.45, 7) is 4.57. The van der Waals surface area contributed by atoms with E-state index in [1.54, 1.807) is 0 Å². The van der Waals surface area contributed by atoms with Gasteiger partial charge in [-0.25, -0.2) is 0 Å². The van der Waals surface area contributed by atoms with Crippen molar-refractivity contribution in [1.82, 2.24) is 0 Å². The molecule has 1 fully saturated rings. The summed E-state index contributed by atoms with van der Waals surface area (Å²) in [6, 6.07) is 0. The molecule has 0 heterocycles. The molecule has 1 nitrogen and oxygen atoms in total. The van der Waals surface area contributed by atoms with Crippen LogP contribution in [0.1, 0.15) is 46.0 Å². The zero-order valence-corrected chi connectivity index (χ0v) is 10.4. The van der Waals surface area contributed by atoms with Gasteiger partial charge in [0.1, 0.15) is 0 Å². The molecule has 0 aliphatic heterocycles. The zero-order chi connectivity index (χ0) is 11.5. The average Bonchev–Trinajstić information content (AvgIpc) is 2.26. The maximum Gasteiger partial charge on any atom is 0.158 e. The molecule has 16 heavy (non-hydrogen) atoms. The van der Waals surface area contributed by atoms with E-state index in [9.17, 15) is 4.79 Å². The van der Waals surface area contributed by atoms with E-state index in [0.717, 1.165) is 31.3 Å². The fraction of sp³-hybridized carbons (Fsp3) is 0.667. The number of Topliss-reactive ketones (excluding diaryl/α,β-unsaturated/α-hetero) is 1. The molecule has 0 aromatic carbocycles. The Balaban J connectivity index is 2.14. The molecule has 1 heteroatoms. The minimum absolute atomic E-state index is 0.403. The lowest BCUT2D eigenvalue weighted by Gasteiger charge is -2.29. The molecule has 0 radical (unpaired) electrons. The Morgan fingerprint density at radius 2 is 2.00 bits per heavy atom. The highest BCUT2D eigenvalue weighted by Crippen LogP contribution is 2.33. The third kappa shape index (κ3) is 2.45. The van der Waals surface area contributed by atoms with E-state index in [4.69, 9.17) is 0 Å². The molecule has 0 bridgehead atoms. The Kier molecular flexibility index (Phi) is 3.63. The van der Waals surface area contributed by atoms with Crippen LogP contribution < -0.4 is 0 Å². The summed E-state index contributed by atoms with van der Waals surface area (Å²) in [5.41, 5.74) is 1.12. The lowest BCUT2D eigenvalue weighted by atomic mass is 9.75. The summed E-state index contributed by atoms with van der Waals surface area (Å²) in [6.07, 6.45) is 12.1. The van der Waals surface area contributed by atoms with E-state index in [1.807, 2.05) is 0 Å². The number of carbonyl (C=O) groups excluding carboxylic acids is 1. The summed E-state index contributed by atoms with van der Waals surface area (Å²) < 4.78 is 0. The topological polar surface area (TPSA) is 17.1 Å². The lowest BCUT2D eigenvalue weighted by molar-refractivity contribution is -0.116. The van der Waals surface area contributed by atoms with Gasteiger partial charge >= 0.3 is 0 Å². The quantitative estimate of drug-likeness (QED) is 0.482. The molecule has 1 saturated carbocycles. The summed E-state index contributed by atoms with van der Waals surface area (Å²) >= 11 is 0. The maximum absolute atomic E-state index is 11.8. The predicted molar refractivity (Wildman–Crippen MR) is 67.1 cm³/mol. The number of hydrogen-bond donors (Lipinski definition) is 0. The first-order chi connectivity index (χ1) is 7.68. The second-order valence-electron chi connectivity index (χ2n) is 5.40. The van der Waals surface area contributed by atoms with E-state index >= 15 is 0 Å². The molecule has 2 rings (SSSR count). The Morgan fingerprint density at radius 3 is 2.69 bits per heavy atom. The van der Waals surface area contributed by atoms with Crippen molar-refractivity contribution in [2.24, 2.45) is 17.8 Å². The van der Waals surface area contributed by atoms with Crippen LogP contribution in [0.5, 0.6) is 0 Å². The van der Waals surface area contributed by atoms with Gasteiger partial charge < -0.3 is 0 Å². The van der Waals surface area contributed by atoms with Crippen molar-refractivity contribution in [3.8, 4) is 0 Å². The normalized spacial score (nSPS) is 38.0. The standard InChI is InChI=1S/C15H22O/c1-11-6-5-7-12(2)14(11)10-13-8-3-4-9-15(13)16/h5-6,10-12,14H,3-4,7-9H2,1-2H3. The molecule has 88 valence electrons. The van der Waals surface area contributed by atoms with Crippen molar-refractivity contribution in [2.45, 2.75) is 46.0 Å². The van der Waals surface area contributed by atoms with Crippen molar-refractivity contribution in [3.05, 3.63) is 23.8 Å². The van der Waals surface area contributed by atoms with Crippen molar-refractivity contribution in [3.63, 3.8) is 0 Å². The van der Waals surface area contributed by atoms with Gasteiger partial charge in [0.15, 0.2) is 5.78 Å². The first kappa shape index (κ1) is 11.6. The van der Waals surface area contributed by atoms with Gasteiger partial charge in [-0.3, -0.25) is 4.79 Å². The maximum atomic E-state index is 11.8. The van der Waals surface area contributed by atoms with Gasteiger partial charge in [0.2, 0.25) is 0 Å². The molecule has 0 N–H and O–H groups in total. The molecule has 0 aromatic heterocycles. The first-order valence-corrected chi connectivity index (χ1v) is 6.59. The zero-order valence-electron chi connectivity index (χ0n) is 10.4.